The van der Waals surface area contributed by atoms with Gasteiger partial charge in [0, 0.05) is 35.3 Å². The van der Waals surface area contributed by atoms with E-state index in [1.54, 1.807) is 72.8 Å². The van der Waals surface area contributed by atoms with Gasteiger partial charge in [0.2, 0.25) is 5.91 Å². The van der Waals surface area contributed by atoms with Crippen LogP contribution in [0.5, 0.6) is 5.75 Å². The maximum atomic E-state index is 13.8. The van der Waals surface area contributed by atoms with Crippen LogP contribution in [0.15, 0.2) is 103 Å². The number of anilines is 2. The number of benzene rings is 4. The predicted molar refractivity (Wildman–Crippen MR) is 165 cm³/mol. The molecule has 4 aromatic carbocycles. The van der Waals surface area contributed by atoms with E-state index < -0.39 is 17.8 Å². The van der Waals surface area contributed by atoms with Gasteiger partial charge in [-0.05, 0) is 54.4 Å². The molecule has 0 spiro atoms. The first-order valence-corrected chi connectivity index (χ1v) is 14.2. The van der Waals surface area contributed by atoms with E-state index >= 15 is 0 Å². The molecule has 4 aromatic rings. The van der Waals surface area contributed by atoms with Crippen LogP contribution in [-0.2, 0) is 20.7 Å². The van der Waals surface area contributed by atoms with Crippen LogP contribution < -0.4 is 15.0 Å². The summed E-state index contributed by atoms with van der Waals surface area (Å²) in [6.45, 7) is 2.40. The number of carbonyl (C=O) groups is 3. The van der Waals surface area contributed by atoms with Gasteiger partial charge in [0.1, 0.15) is 24.2 Å². The van der Waals surface area contributed by atoms with Gasteiger partial charge in [0.05, 0.1) is 13.7 Å². The summed E-state index contributed by atoms with van der Waals surface area (Å²) in [7, 11) is 1.33. The number of ether oxygens (including phenoxy) is 2. The maximum absolute atomic E-state index is 13.8. The van der Waals surface area contributed by atoms with Crippen molar-refractivity contribution in [1.29, 1.82) is 0 Å². The Morgan fingerprint density at radius 1 is 0.884 bits per heavy atom. The molecule has 0 fully saturated rings. The summed E-state index contributed by atoms with van der Waals surface area (Å²) in [6.07, 6.45) is 1.34. The Hall–Kier alpha value is -4.98. The Morgan fingerprint density at radius 2 is 1.60 bits per heavy atom. The highest BCUT2D eigenvalue weighted by atomic mass is 19.1. The van der Waals surface area contributed by atoms with Crippen LogP contribution in [0.2, 0.25) is 0 Å². The van der Waals surface area contributed by atoms with Crippen LogP contribution in [0.1, 0.15) is 41.3 Å². The number of para-hydroxylation sites is 1. The van der Waals surface area contributed by atoms with Gasteiger partial charge in [-0.15, -0.1) is 0 Å². The van der Waals surface area contributed by atoms with Crippen molar-refractivity contribution in [3.8, 4) is 5.75 Å². The van der Waals surface area contributed by atoms with Gasteiger partial charge in [-0.25, -0.2) is 9.18 Å². The van der Waals surface area contributed by atoms with Crippen molar-refractivity contribution in [2.75, 3.05) is 30.5 Å². The second-order valence-electron chi connectivity index (χ2n) is 9.93. The quantitative estimate of drug-likeness (QED) is 0.136. The summed E-state index contributed by atoms with van der Waals surface area (Å²) in [5.41, 5.74) is 2.88. The zero-order valence-corrected chi connectivity index (χ0v) is 24.3. The summed E-state index contributed by atoms with van der Waals surface area (Å²) in [5.74, 6) is -0.528. The zero-order chi connectivity index (χ0) is 30.6. The molecular weight excluding hydrogens is 547 g/mol. The molecule has 7 nitrogen and oxygen atoms in total. The van der Waals surface area contributed by atoms with E-state index in [-0.39, 0.29) is 24.8 Å². The lowest BCUT2D eigenvalue weighted by molar-refractivity contribution is -0.141. The lowest BCUT2D eigenvalue weighted by Crippen LogP contribution is -2.34. The topological polar surface area (TPSA) is 84.9 Å². The summed E-state index contributed by atoms with van der Waals surface area (Å²) in [6, 6.07) is 28.5. The third kappa shape index (κ3) is 8.52. The molecule has 0 heterocycles. The van der Waals surface area contributed by atoms with Crippen molar-refractivity contribution in [1.82, 2.24) is 0 Å². The van der Waals surface area contributed by atoms with Crippen molar-refractivity contribution in [2.24, 2.45) is 0 Å². The summed E-state index contributed by atoms with van der Waals surface area (Å²) < 4.78 is 24.7. The average Bonchev–Trinajstić information content (AvgIpc) is 3.03. The van der Waals surface area contributed by atoms with Crippen molar-refractivity contribution in [3.63, 3.8) is 0 Å². The molecule has 0 saturated heterocycles. The van der Waals surface area contributed by atoms with Crippen molar-refractivity contribution in [2.45, 2.75) is 32.2 Å². The number of hydrogen-bond acceptors (Lipinski definition) is 6. The summed E-state index contributed by atoms with van der Waals surface area (Å²) >= 11 is 0. The van der Waals surface area contributed by atoms with Crippen molar-refractivity contribution < 1.29 is 28.2 Å². The minimum atomic E-state index is -0.745. The van der Waals surface area contributed by atoms with Crippen molar-refractivity contribution >= 4 is 29.0 Å². The normalized spacial score (nSPS) is 11.3. The molecule has 0 saturated carbocycles. The molecule has 0 aliphatic carbocycles. The highest BCUT2D eigenvalue weighted by molar-refractivity contribution is 6.12. The van der Waals surface area contributed by atoms with E-state index in [2.05, 4.69) is 5.32 Å². The Kier molecular flexibility index (Phi) is 11.0. The molecule has 1 atom stereocenters. The fourth-order valence-corrected chi connectivity index (χ4v) is 4.68. The van der Waals surface area contributed by atoms with Crippen LogP contribution in [0.3, 0.4) is 0 Å². The first kappa shape index (κ1) is 31.0. The van der Waals surface area contributed by atoms with Gasteiger partial charge in [-0.1, -0.05) is 67.6 Å². The highest BCUT2D eigenvalue weighted by Gasteiger charge is 2.23. The van der Waals surface area contributed by atoms with Gasteiger partial charge in [0.25, 0.3) is 0 Å². The number of amides is 1. The third-order valence-corrected chi connectivity index (χ3v) is 6.85. The molecule has 0 radical (unpaired) electrons. The molecule has 0 aliphatic heterocycles. The predicted octanol–water partition coefficient (Wildman–Crippen LogP) is 6.47. The molecule has 4 rings (SSSR count). The number of nitrogens with one attached hydrogen (secondary N) is 1. The number of hydrogen-bond donors (Lipinski definition) is 1. The van der Waals surface area contributed by atoms with E-state index in [9.17, 15) is 18.8 Å². The Bertz CT molecular complexity index is 1530. The molecule has 0 unspecified atom stereocenters. The van der Waals surface area contributed by atoms with Crippen LogP contribution in [-0.4, -0.2) is 44.0 Å². The molecule has 43 heavy (non-hydrogen) atoms. The Labute approximate surface area is 251 Å². The number of rotatable bonds is 14. The maximum Gasteiger partial charge on any atom is 0.328 e. The van der Waals surface area contributed by atoms with Crippen LogP contribution in [0.25, 0.3) is 0 Å². The first-order valence-electron chi connectivity index (χ1n) is 14.2. The van der Waals surface area contributed by atoms with E-state index in [4.69, 9.17) is 9.47 Å². The van der Waals surface area contributed by atoms with E-state index in [1.165, 1.54) is 24.1 Å². The number of methoxy groups -OCH3 is 1. The van der Waals surface area contributed by atoms with Gasteiger partial charge in [-0.3, -0.25) is 9.59 Å². The molecule has 0 aromatic heterocycles. The number of ketones is 1. The first-order chi connectivity index (χ1) is 20.9. The highest BCUT2D eigenvalue weighted by Crippen LogP contribution is 2.23. The second kappa shape index (κ2) is 15.3. The smallest absolute Gasteiger partial charge is 0.328 e. The molecule has 0 aliphatic rings. The van der Waals surface area contributed by atoms with Gasteiger partial charge >= 0.3 is 5.97 Å². The second-order valence-corrected chi connectivity index (χ2v) is 9.93. The standard InChI is InChI=1S/C35H35FN2O5/c1-3-10-33(39)38(28-14-9-13-27(36)24-28)21-22-43-29-19-17-25(18-20-29)23-32(35(41)42-2)37-31-16-8-7-15-30(31)34(40)26-11-5-4-6-12-26/h4-9,11-20,24,32,37H,3,10,21-23H2,1-2H3/t32-/m0/s1. The largest absolute Gasteiger partial charge is 0.492 e. The fraction of sp³-hybridized carbons (Fsp3) is 0.229. The fourth-order valence-electron chi connectivity index (χ4n) is 4.68. The minimum Gasteiger partial charge on any atom is -0.492 e. The van der Waals surface area contributed by atoms with Crippen LogP contribution >= 0.6 is 0 Å². The molecule has 222 valence electrons. The molecular formula is C35H35FN2O5. The van der Waals surface area contributed by atoms with Crippen molar-refractivity contribution in [3.05, 3.63) is 126 Å². The van der Waals surface area contributed by atoms with Gasteiger partial charge in [0.15, 0.2) is 5.78 Å². The number of halogens is 1. The van der Waals surface area contributed by atoms with Crippen LogP contribution in [0, 0.1) is 5.82 Å². The lowest BCUT2D eigenvalue weighted by atomic mass is 10.00. The van der Waals surface area contributed by atoms with E-state index in [1.807, 2.05) is 25.1 Å². The lowest BCUT2D eigenvalue weighted by Gasteiger charge is -2.23. The Balaban J connectivity index is 1.41. The monoisotopic (exact) mass is 582 g/mol. The number of nitrogens with zero attached hydrogens (tertiary/aromatic N) is 1. The van der Waals surface area contributed by atoms with Gasteiger partial charge < -0.3 is 19.7 Å². The Morgan fingerprint density at radius 3 is 2.30 bits per heavy atom. The summed E-state index contributed by atoms with van der Waals surface area (Å²) in [4.78, 5) is 40.1. The molecule has 1 amide bonds. The number of esters is 1. The number of carbonyl (C=O) groups excluding carboxylic acids is 3. The molecule has 8 heteroatoms. The molecule has 1 N–H and O–H groups in total. The average molecular weight is 583 g/mol. The minimum absolute atomic E-state index is 0.0968. The zero-order valence-electron chi connectivity index (χ0n) is 24.3. The van der Waals surface area contributed by atoms with E-state index in [0.29, 0.717) is 47.5 Å². The van der Waals surface area contributed by atoms with E-state index in [0.717, 1.165) is 5.56 Å². The van der Waals surface area contributed by atoms with Gasteiger partial charge in [-0.2, -0.15) is 0 Å². The molecule has 0 bridgehead atoms. The third-order valence-electron chi connectivity index (χ3n) is 6.85. The van der Waals surface area contributed by atoms with Crippen LogP contribution in [0.4, 0.5) is 15.8 Å². The summed E-state index contributed by atoms with van der Waals surface area (Å²) in [5, 5.41) is 3.21. The SMILES string of the molecule is CCCC(=O)N(CCOc1ccc(C[C@H](Nc2ccccc2C(=O)c2ccccc2)C(=O)OC)cc1)c1cccc(F)c1.